The van der Waals surface area contributed by atoms with Crippen LogP contribution in [0.15, 0.2) is 42.7 Å². The fraction of sp³-hybridized carbons (Fsp3) is 0.308. The largest absolute Gasteiger partial charge is 0.396 e. The molecule has 1 fully saturated rings. The zero-order chi connectivity index (χ0) is 11.7. The molecule has 1 aliphatic heterocycles. The summed E-state index contributed by atoms with van der Waals surface area (Å²) in [6.45, 7) is 2.08. The highest BCUT2D eigenvalue weighted by molar-refractivity contribution is 5.32. The van der Waals surface area contributed by atoms with Crippen LogP contribution in [0.2, 0.25) is 0 Å². The van der Waals surface area contributed by atoms with Crippen molar-refractivity contribution in [2.75, 3.05) is 18.8 Å². The number of aromatic nitrogens is 2. The summed E-state index contributed by atoms with van der Waals surface area (Å²) < 4.78 is 1.98. The Bertz CT molecular complexity index is 487. The van der Waals surface area contributed by atoms with E-state index in [9.17, 15) is 0 Å². The van der Waals surface area contributed by atoms with Crippen molar-refractivity contribution < 1.29 is 0 Å². The van der Waals surface area contributed by atoms with Crippen LogP contribution in [0.1, 0.15) is 11.6 Å². The van der Waals surface area contributed by atoms with Gasteiger partial charge in [0.05, 0.1) is 17.9 Å². The van der Waals surface area contributed by atoms with Crippen molar-refractivity contribution in [3.63, 3.8) is 0 Å². The first-order valence-electron chi connectivity index (χ1n) is 5.90. The van der Waals surface area contributed by atoms with Crippen molar-refractivity contribution >= 4 is 5.69 Å². The van der Waals surface area contributed by atoms with Gasteiger partial charge in [-0.1, -0.05) is 30.3 Å². The minimum atomic E-state index is 0.287. The lowest BCUT2D eigenvalue weighted by molar-refractivity contribution is 0.253. The standard InChI is InChI=1S/C13H16N4/c14-12-8-16-17(9-12)13(11-6-15-7-11)10-4-2-1-3-5-10/h1-5,8-9,11,13,15H,6-7,14H2. The van der Waals surface area contributed by atoms with Crippen molar-refractivity contribution in [1.82, 2.24) is 15.1 Å². The maximum absolute atomic E-state index is 5.76. The fourth-order valence-corrected chi connectivity index (χ4v) is 2.33. The van der Waals surface area contributed by atoms with Crippen LogP contribution < -0.4 is 11.1 Å². The fourth-order valence-electron chi connectivity index (χ4n) is 2.33. The van der Waals surface area contributed by atoms with Crippen LogP contribution in [-0.4, -0.2) is 22.9 Å². The summed E-state index contributed by atoms with van der Waals surface area (Å²) in [5.74, 6) is 0.594. The van der Waals surface area contributed by atoms with E-state index >= 15 is 0 Å². The Morgan fingerprint density at radius 3 is 2.59 bits per heavy atom. The number of nitrogens with one attached hydrogen (secondary N) is 1. The van der Waals surface area contributed by atoms with E-state index in [4.69, 9.17) is 5.73 Å². The van der Waals surface area contributed by atoms with E-state index in [1.165, 1.54) is 5.56 Å². The summed E-state index contributed by atoms with van der Waals surface area (Å²) >= 11 is 0. The second-order valence-corrected chi connectivity index (χ2v) is 4.53. The van der Waals surface area contributed by atoms with Gasteiger partial charge in [-0.25, -0.2) is 0 Å². The monoisotopic (exact) mass is 228 g/mol. The first-order chi connectivity index (χ1) is 8.34. The third kappa shape index (κ3) is 1.91. The summed E-state index contributed by atoms with van der Waals surface area (Å²) in [6, 6.07) is 10.8. The maximum atomic E-state index is 5.76. The van der Waals surface area contributed by atoms with Gasteiger partial charge in [0.15, 0.2) is 0 Å². The van der Waals surface area contributed by atoms with Crippen LogP contribution in [0, 0.1) is 5.92 Å². The zero-order valence-electron chi connectivity index (χ0n) is 9.58. The van der Waals surface area contributed by atoms with Crippen molar-refractivity contribution in [3.8, 4) is 0 Å². The lowest BCUT2D eigenvalue weighted by atomic mass is 9.89. The van der Waals surface area contributed by atoms with Gasteiger partial charge in [-0.05, 0) is 5.56 Å². The molecule has 0 radical (unpaired) electrons. The molecule has 17 heavy (non-hydrogen) atoms. The Morgan fingerprint density at radius 2 is 2.06 bits per heavy atom. The SMILES string of the molecule is Nc1cnn(C(c2ccccc2)C2CNC2)c1. The molecule has 0 bridgehead atoms. The number of benzene rings is 1. The number of anilines is 1. The molecular formula is C13H16N4. The Balaban J connectivity index is 1.97. The molecule has 1 aromatic carbocycles. The Labute approximate surface area is 100 Å². The number of nitrogens with zero attached hydrogens (tertiary/aromatic N) is 2. The van der Waals surface area contributed by atoms with Crippen molar-refractivity contribution in [2.45, 2.75) is 6.04 Å². The molecule has 1 aromatic heterocycles. The smallest absolute Gasteiger partial charge is 0.0821 e. The molecule has 4 heteroatoms. The summed E-state index contributed by atoms with van der Waals surface area (Å²) in [5.41, 5.74) is 7.77. The first kappa shape index (κ1) is 10.4. The average molecular weight is 228 g/mol. The number of rotatable bonds is 3. The van der Waals surface area contributed by atoms with Gasteiger partial charge in [0.1, 0.15) is 0 Å². The van der Waals surface area contributed by atoms with Gasteiger partial charge in [0.25, 0.3) is 0 Å². The summed E-state index contributed by atoms with van der Waals surface area (Å²) in [7, 11) is 0. The summed E-state index contributed by atoms with van der Waals surface area (Å²) in [6.07, 6.45) is 3.62. The van der Waals surface area contributed by atoms with E-state index in [0.29, 0.717) is 5.92 Å². The van der Waals surface area contributed by atoms with E-state index in [0.717, 1.165) is 18.8 Å². The third-order valence-corrected chi connectivity index (χ3v) is 3.31. The van der Waals surface area contributed by atoms with E-state index in [2.05, 4.69) is 34.7 Å². The van der Waals surface area contributed by atoms with Gasteiger partial charge in [0, 0.05) is 25.2 Å². The highest BCUT2D eigenvalue weighted by Gasteiger charge is 2.30. The predicted molar refractivity (Wildman–Crippen MR) is 67.6 cm³/mol. The number of nitrogens with two attached hydrogens (primary N) is 1. The minimum Gasteiger partial charge on any atom is -0.396 e. The quantitative estimate of drug-likeness (QED) is 0.832. The molecule has 88 valence electrons. The second-order valence-electron chi connectivity index (χ2n) is 4.53. The van der Waals surface area contributed by atoms with Crippen molar-refractivity contribution in [2.24, 2.45) is 5.92 Å². The number of hydrogen-bond donors (Lipinski definition) is 2. The molecule has 2 heterocycles. The third-order valence-electron chi connectivity index (χ3n) is 3.31. The molecule has 3 N–H and O–H groups in total. The highest BCUT2D eigenvalue weighted by Crippen LogP contribution is 2.29. The van der Waals surface area contributed by atoms with Gasteiger partial charge >= 0.3 is 0 Å². The lowest BCUT2D eigenvalue weighted by Gasteiger charge is -2.35. The molecule has 4 nitrogen and oxygen atoms in total. The molecular weight excluding hydrogens is 212 g/mol. The summed E-state index contributed by atoms with van der Waals surface area (Å²) in [5, 5.41) is 7.67. The molecule has 1 atom stereocenters. The zero-order valence-corrected chi connectivity index (χ0v) is 9.58. The van der Waals surface area contributed by atoms with E-state index < -0.39 is 0 Å². The number of nitrogen functional groups attached to an aromatic ring is 1. The Kier molecular flexibility index (Phi) is 2.57. The molecule has 1 saturated heterocycles. The molecule has 1 aliphatic rings. The Hall–Kier alpha value is -1.81. The van der Waals surface area contributed by atoms with Crippen LogP contribution in [-0.2, 0) is 0 Å². The molecule has 3 rings (SSSR count). The van der Waals surface area contributed by atoms with Gasteiger partial charge in [-0.2, -0.15) is 5.10 Å². The Morgan fingerprint density at radius 1 is 1.29 bits per heavy atom. The average Bonchev–Trinajstić information content (AvgIpc) is 2.71. The highest BCUT2D eigenvalue weighted by atomic mass is 15.3. The van der Waals surface area contributed by atoms with Gasteiger partial charge in [-0.15, -0.1) is 0 Å². The van der Waals surface area contributed by atoms with Gasteiger partial charge in [0.2, 0.25) is 0 Å². The first-order valence-corrected chi connectivity index (χ1v) is 5.90. The van der Waals surface area contributed by atoms with Gasteiger partial charge < -0.3 is 11.1 Å². The normalized spacial score (nSPS) is 17.6. The van der Waals surface area contributed by atoms with Crippen LogP contribution >= 0.6 is 0 Å². The molecule has 0 saturated carbocycles. The second kappa shape index (κ2) is 4.22. The van der Waals surface area contributed by atoms with E-state index in [-0.39, 0.29) is 6.04 Å². The lowest BCUT2D eigenvalue weighted by Crippen LogP contribution is -2.47. The van der Waals surface area contributed by atoms with E-state index in [1.54, 1.807) is 6.20 Å². The summed E-state index contributed by atoms with van der Waals surface area (Å²) in [4.78, 5) is 0. The molecule has 0 amide bonds. The maximum Gasteiger partial charge on any atom is 0.0821 e. The van der Waals surface area contributed by atoms with E-state index in [1.807, 2.05) is 16.9 Å². The molecule has 0 aliphatic carbocycles. The van der Waals surface area contributed by atoms with Crippen LogP contribution in [0.25, 0.3) is 0 Å². The van der Waals surface area contributed by atoms with Crippen LogP contribution in [0.5, 0.6) is 0 Å². The predicted octanol–water partition coefficient (Wildman–Crippen LogP) is 1.27. The van der Waals surface area contributed by atoms with Crippen LogP contribution in [0.4, 0.5) is 5.69 Å². The van der Waals surface area contributed by atoms with Crippen molar-refractivity contribution in [1.29, 1.82) is 0 Å². The molecule has 2 aromatic rings. The topological polar surface area (TPSA) is 55.9 Å². The number of hydrogen-bond acceptors (Lipinski definition) is 3. The van der Waals surface area contributed by atoms with Crippen molar-refractivity contribution in [3.05, 3.63) is 48.3 Å². The minimum absolute atomic E-state index is 0.287. The van der Waals surface area contributed by atoms with Crippen LogP contribution in [0.3, 0.4) is 0 Å². The molecule has 1 unspecified atom stereocenters. The molecule has 0 spiro atoms. The van der Waals surface area contributed by atoms with Gasteiger partial charge in [-0.3, -0.25) is 4.68 Å².